The summed E-state index contributed by atoms with van der Waals surface area (Å²) >= 11 is 0. The molecule has 118 valence electrons. The van der Waals surface area contributed by atoms with Crippen LogP contribution in [0.2, 0.25) is 0 Å². The van der Waals surface area contributed by atoms with Gasteiger partial charge in [0, 0.05) is 0 Å². The van der Waals surface area contributed by atoms with Crippen LogP contribution in [0.4, 0.5) is 0 Å². The Bertz CT molecular complexity index is 554. The Balaban J connectivity index is 3.03. The number of carbonyl (C=O) groups excluding carboxylic acids is 1. The molecule has 0 bridgehead atoms. The van der Waals surface area contributed by atoms with Gasteiger partial charge in [0.05, 0.1) is 30.1 Å². The van der Waals surface area contributed by atoms with Gasteiger partial charge in [-0.25, -0.2) is 9.59 Å². The highest BCUT2D eigenvalue weighted by molar-refractivity contribution is 5.94. The molecule has 0 aliphatic carbocycles. The second-order valence-corrected chi connectivity index (χ2v) is 4.28. The molecule has 0 saturated carbocycles. The van der Waals surface area contributed by atoms with Crippen LogP contribution in [0.25, 0.3) is 0 Å². The molecule has 1 aromatic rings. The van der Waals surface area contributed by atoms with Gasteiger partial charge >= 0.3 is 17.9 Å². The first kappa shape index (κ1) is 17.3. The van der Waals surface area contributed by atoms with E-state index in [1.54, 1.807) is 0 Å². The third-order valence-corrected chi connectivity index (χ3v) is 2.68. The highest BCUT2D eigenvalue weighted by Crippen LogP contribution is 2.24. The summed E-state index contributed by atoms with van der Waals surface area (Å²) in [5, 5.41) is 8.95. The van der Waals surface area contributed by atoms with E-state index in [9.17, 15) is 9.59 Å². The largest absolute Gasteiger partial charge is 0.478 e. The molecular formula is C16H18O6. The highest BCUT2D eigenvalue weighted by Gasteiger charge is 2.37. The number of carbonyl (C=O) groups is 2. The van der Waals surface area contributed by atoms with Gasteiger partial charge in [-0.2, -0.15) is 0 Å². The number of rotatable bonds is 9. The molecule has 1 N–H and O–H groups in total. The second kappa shape index (κ2) is 7.87. The quantitative estimate of drug-likeness (QED) is 0.428. The van der Waals surface area contributed by atoms with Crippen LogP contribution in [-0.4, -0.2) is 23.0 Å². The molecule has 0 aromatic heterocycles. The maximum absolute atomic E-state index is 12.2. The van der Waals surface area contributed by atoms with Crippen LogP contribution in [0.1, 0.15) is 40.5 Å². The molecule has 6 nitrogen and oxygen atoms in total. The first-order chi connectivity index (χ1) is 10.5. The van der Waals surface area contributed by atoms with Gasteiger partial charge in [-0.3, -0.25) is 0 Å². The van der Waals surface area contributed by atoms with Crippen molar-refractivity contribution in [3.05, 3.63) is 61.1 Å². The van der Waals surface area contributed by atoms with Crippen LogP contribution in [0.5, 0.6) is 0 Å². The van der Waals surface area contributed by atoms with Gasteiger partial charge in [0.15, 0.2) is 0 Å². The second-order valence-electron chi connectivity index (χ2n) is 4.28. The SMILES string of the molecule is C=COC(CCC)(OC=C)OC(=O)c1cccc(C(=O)O)c1. The van der Waals surface area contributed by atoms with Crippen molar-refractivity contribution in [3.63, 3.8) is 0 Å². The summed E-state index contributed by atoms with van der Waals surface area (Å²) in [4.78, 5) is 23.2. The van der Waals surface area contributed by atoms with Crippen LogP contribution in [0.3, 0.4) is 0 Å². The molecule has 0 unspecified atom stereocenters. The minimum atomic E-state index is -1.67. The van der Waals surface area contributed by atoms with E-state index in [0.717, 1.165) is 12.5 Å². The summed E-state index contributed by atoms with van der Waals surface area (Å²) in [5.41, 5.74) is 0.0468. The monoisotopic (exact) mass is 306 g/mol. The Morgan fingerprint density at radius 2 is 1.82 bits per heavy atom. The minimum absolute atomic E-state index is 0.0233. The van der Waals surface area contributed by atoms with Crippen LogP contribution in [0, 0.1) is 0 Å². The Morgan fingerprint density at radius 3 is 2.32 bits per heavy atom. The third kappa shape index (κ3) is 4.37. The molecular weight excluding hydrogens is 288 g/mol. The predicted octanol–water partition coefficient (Wildman–Crippen LogP) is 3.32. The van der Waals surface area contributed by atoms with Crippen LogP contribution in [-0.2, 0) is 14.2 Å². The van der Waals surface area contributed by atoms with E-state index in [4.69, 9.17) is 19.3 Å². The Labute approximate surface area is 128 Å². The van der Waals surface area contributed by atoms with Crippen molar-refractivity contribution >= 4 is 11.9 Å². The number of esters is 1. The standard InChI is InChI=1S/C16H18O6/c1-4-10-16(20-5-2,21-6-3)22-15(19)13-9-7-8-12(11-13)14(17)18/h5-9,11H,2-4,10H2,1H3,(H,17,18). The summed E-state index contributed by atoms with van der Waals surface area (Å²) in [6.07, 6.45) is 3.04. The molecule has 0 aliphatic heterocycles. The fourth-order valence-corrected chi connectivity index (χ4v) is 1.78. The molecule has 1 aromatic carbocycles. The first-order valence-corrected chi connectivity index (χ1v) is 6.62. The molecule has 22 heavy (non-hydrogen) atoms. The molecule has 1 rings (SSSR count). The van der Waals surface area contributed by atoms with Crippen molar-refractivity contribution in [3.8, 4) is 0 Å². The van der Waals surface area contributed by atoms with E-state index in [2.05, 4.69) is 13.2 Å². The third-order valence-electron chi connectivity index (χ3n) is 2.68. The van der Waals surface area contributed by atoms with Gasteiger partial charge in [-0.1, -0.05) is 26.1 Å². The van der Waals surface area contributed by atoms with Crippen LogP contribution in [0.15, 0.2) is 49.9 Å². The summed E-state index contributed by atoms with van der Waals surface area (Å²) < 4.78 is 15.6. The fraction of sp³-hybridized carbons (Fsp3) is 0.250. The average Bonchev–Trinajstić information content (AvgIpc) is 2.48. The zero-order valence-corrected chi connectivity index (χ0v) is 12.3. The van der Waals surface area contributed by atoms with E-state index in [1.807, 2.05) is 6.92 Å². The van der Waals surface area contributed by atoms with E-state index in [-0.39, 0.29) is 17.5 Å². The van der Waals surface area contributed by atoms with Crippen LogP contribution < -0.4 is 0 Å². The van der Waals surface area contributed by atoms with Gasteiger partial charge in [-0.15, -0.1) is 0 Å². The molecule has 6 heteroatoms. The zero-order chi connectivity index (χ0) is 16.6. The average molecular weight is 306 g/mol. The molecule has 0 amide bonds. The van der Waals surface area contributed by atoms with Gasteiger partial charge < -0.3 is 19.3 Å². The van der Waals surface area contributed by atoms with Crippen molar-refractivity contribution in [1.82, 2.24) is 0 Å². The van der Waals surface area contributed by atoms with Gasteiger partial charge in [-0.05, 0) is 24.6 Å². The van der Waals surface area contributed by atoms with Crippen molar-refractivity contribution < 1.29 is 28.9 Å². The van der Waals surface area contributed by atoms with Gasteiger partial charge in [0.2, 0.25) is 0 Å². The lowest BCUT2D eigenvalue weighted by Crippen LogP contribution is -2.38. The molecule has 0 radical (unpaired) electrons. The van der Waals surface area contributed by atoms with Crippen molar-refractivity contribution in [1.29, 1.82) is 0 Å². The number of carboxylic acid groups (broad SMARTS) is 1. The Morgan fingerprint density at radius 1 is 1.23 bits per heavy atom. The smallest absolute Gasteiger partial charge is 0.418 e. The molecule has 0 aliphatic rings. The van der Waals surface area contributed by atoms with Crippen LogP contribution >= 0.6 is 0 Å². The van der Waals surface area contributed by atoms with Crippen molar-refractivity contribution in [2.45, 2.75) is 25.7 Å². The number of hydrogen-bond acceptors (Lipinski definition) is 5. The molecule has 0 saturated heterocycles. The lowest BCUT2D eigenvalue weighted by Gasteiger charge is -2.30. The van der Waals surface area contributed by atoms with E-state index in [0.29, 0.717) is 6.42 Å². The number of benzene rings is 1. The first-order valence-electron chi connectivity index (χ1n) is 6.62. The lowest BCUT2D eigenvalue weighted by atomic mass is 10.1. The summed E-state index contributed by atoms with van der Waals surface area (Å²) in [5.74, 6) is -3.59. The fourth-order valence-electron chi connectivity index (χ4n) is 1.78. The van der Waals surface area contributed by atoms with Crippen molar-refractivity contribution in [2.75, 3.05) is 0 Å². The number of hydrogen-bond donors (Lipinski definition) is 1. The zero-order valence-electron chi connectivity index (χ0n) is 12.3. The molecule has 0 heterocycles. The predicted molar refractivity (Wildman–Crippen MR) is 79.0 cm³/mol. The summed E-state index contributed by atoms with van der Waals surface area (Å²) in [6, 6.07) is 5.47. The topological polar surface area (TPSA) is 82.1 Å². The summed E-state index contributed by atoms with van der Waals surface area (Å²) in [7, 11) is 0. The van der Waals surface area contributed by atoms with Gasteiger partial charge in [0.1, 0.15) is 0 Å². The van der Waals surface area contributed by atoms with E-state index >= 15 is 0 Å². The number of aromatic carboxylic acids is 1. The van der Waals surface area contributed by atoms with E-state index in [1.165, 1.54) is 24.3 Å². The number of carboxylic acids is 1. The lowest BCUT2D eigenvalue weighted by molar-refractivity contribution is -0.314. The molecule has 0 atom stereocenters. The highest BCUT2D eigenvalue weighted by atomic mass is 16.9. The summed E-state index contributed by atoms with van der Waals surface area (Å²) in [6.45, 7) is 8.70. The van der Waals surface area contributed by atoms with E-state index < -0.39 is 17.9 Å². The normalized spacial score (nSPS) is 10.4. The maximum Gasteiger partial charge on any atom is 0.418 e. The maximum atomic E-state index is 12.2. The van der Waals surface area contributed by atoms with Gasteiger partial charge in [0.25, 0.3) is 0 Å². The Hall–Kier alpha value is -2.76. The van der Waals surface area contributed by atoms with Crippen molar-refractivity contribution in [2.24, 2.45) is 0 Å². The Kier molecular flexibility index (Phi) is 6.19. The number of ether oxygens (including phenoxy) is 3. The molecule has 0 fully saturated rings. The minimum Gasteiger partial charge on any atom is -0.478 e. The molecule has 0 spiro atoms.